The zero-order valence-electron chi connectivity index (χ0n) is 9.10. The van der Waals surface area contributed by atoms with E-state index in [1.165, 1.54) is 11.8 Å². The number of alkyl carbamates (subject to hydrolysis) is 1. The lowest BCUT2D eigenvalue weighted by Crippen LogP contribution is -2.60. The molecule has 1 aliphatic heterocycles. The van der Waals surface area contributed by atoms with Crippen LogP contribution in [0.2, 0.25) is 0 Å². The van der Waals surface area contributed by atoms with E-state index in [1.54, 1.807) is 0 Å². The summed E-state index contributed by atoms with van der Waals surface area (Å²) in [6, 6.07) is -1.01. The average Bonchev–Trinajstić information content (AvgIpc) is 2.12. The van der Waals surface area contributed by atoms with Crippen LogP contribution in [0.3, 0.4) is 0 Å². The van der Waals surface area contributed by atoms with E-state index in [4.69, 9.17) is 5.11 Å². The topological polar surface area (TPSA) is 95.9 Å². The van der Waals surface area contributed by atoms with Crippen LogP contribution in [0.25, 0.3) is 0 Å². The molecule has 0 unspecified atom stereocenters. The first kappa shape index (κ1) is 12.3. The fourth-order valence-corrected chi connectivity index (χ4v) is 1.55. The zero-order valence-corrected chi connectivity index (χ0v) is 9.10. The van der Waals surface area contributed by atoms with Crippen LogP contribution in [0.5, 0.6) is 0 Å². The van der Waals surface area contributed by atoms with Gasteiger partial charge in [-0.2, -0.15) is 0 Å². The summed E-state index contributed by atoms with van der Waals surface area (Å²) in [6.45, 7) is 2.10. The van der Waals surface area contributed by atoms with Crippen molar-refractivity contribution in [2.45, 2.75) is 13.0 Å². The third-order valence-corrected chi connectivity index (χ3v) is 2.55. The molecule has 1 atom stereocenters. The van der Waals surface area contributed by atoms with E-state index in [9.17, 15) is 14.4 Å². The average molecular weight is 230 g/mol. The second-order valence-electron chi connectivity index (χ2n) is 3.64. The number of nitrogens with zero attached hydrogens (tertiary/aromatic N) is 1. The van der Waals surface area contributed by atoms with Crippen molar-refractivity contribution in [3.05, 3.63) is 0 Å². The van der Waals surface area contributed by atoms with Crippen LogP contribution in [-0.2, 0) is 14.3 Å². The molecule has 1 rings (SSSR count). The van der Waals surface area contributed by atoms with Crippen molar-refractivity contribution >= 4 is 18.0 Å². The highest BCUT2D eigenvalue weighted by molar-refractivity contribution is 5.81. The number of methoxy groups -OCH3 is 1. The van der Waals surface area contributed by atoms with Gasteiger partial charge in [-0.1, -0.05) is 0 Å². The van der Waals surface area contributed by atoms with Crippen molar-refractivity contribution < 1.29 is 24.2 Å². The Balaban J connectivity index is 2.51. The van der Waals surface area contributed by atoms with E-state index in [-0.39, 0.29) is 11.8 Å². The molecule has 1 fully saturated rings. The minimum atomic E-state index is -1.13. The van der Waals surface area contributed by atoms with Gasteiger partial charge in [-0.3, -0.25) is 4.79 Å². The zero-order chi connectivity index (χ0) is 12.3. The first-order valence-electron chi connectivity index (χ1n) is 4.78. The fourth-order valence-electron chi connectivity index (χ4n) is 1.55. The lowest BCUT2D eigenvalue weighted by Gasteiger charge is -2.41. The molecule has 1 heterocycles. The Labute approximate surface area is 92.4 Å². The predicted molar refractivity (Wildman–Crippen MR) is 52.7 cm³/mol. The van der Waals surface area contributed by atoms with Gasteiger partial charge in [-0.15, -0.1) is 0 Å². The van der Waals surface area contributed by atoms with Gasteiger partial charge in [0.15, 0.2) is 0 Å². The Morgan fingerprint density at radius 1 is 1.44 bits per heavy atom. The Hall–Kier alpha value is -1.79. The van der Waals surface area contributed by atoms with Gasteiger partial charge in [-0.05, 0) is 0 Å². The van der Waals surface area contributed by atoms with Crippen LogP contribution in [0.15, 0.2) is 0 Å². The molecular weight excluding hydrogens is 216 g/mol. The monoisotopic (exact) mass is 230 g/mol. The highest BCUT2D eigenvalue weighted by Gasteiger charge is 2.39. The number of carbonyl (C=O) groups is 3. The van der Waals surface area contributed by atoms with E-state index in [1.807, 2.05) is 0 Å². The van der Waals surface area contributed by atoms with Crippen molar-refractivity contribution in [2.24, 2.45) is 5.92 Å². The van der Waals surface area contributed by atoms with Crippen LogP contribution >= 0.6 is 0 Å². The molecule has 7 nitrogen and oxygen atoms in total. The van der Waals surface area contributed by atoms with Crippen molar-refractivity contribution in [1.82, 2.24) is 10.2 Å². The Kier molecular flexibility index (Phi) is 3.70. The highest BCUT2D eigenvalue weighted by Crippen LogP contribution is 2.19. The number of aliphatic carboxylic acids is 1. The lowest BCUT2D eigenvalue weighted by molar-refractivity contribution is -0.147. The van der Waals surface area contributed by atoms with E-state index in [2.05, 4.69) is 10.1 Å². The van der Waals surface area contributed by atoms with E-state index < -0.39 is 18.1 Å². The van der Waals surface area contributed by atoms with Crippen LogP contribution in [0, 0.1) is 5.92 Å². The quantitative estimate of drug-likeness (QED) is 0.666. The van der Waals surface area contributed by atoms with Gasteiger partial charge in [0.1, 0.15) is 6.04 Å². The number of hydrogen-bond acceptors (Lipinski definition) is 4. The molecule has 0 aliphatic carbocycles. The smallest absolute Gasteiger partial charge is 0.407 e. The van der Waals surface area contributed by atoms with Crippen LogP contribution in [0.1, 0.15) is 6.92 Å². The highest BCUT2D eigenvalue weighted by atomic mass is 16.5. The van der Waals surface area contributed by atoms with Gasteiger partial charge in [0.2, 0.25) is 5.91 Å². The number of carboxylic acid groups (broad SMARTS) is 1. The second-order valence-corrected chi connectivity index (χ2v) is 3.64. The molecule has 1 aliphatic rings. The summed E-state index contributed by atoms with van der Waals surface area (Å²) in [6.07, 6.45) is -0.784. The summed E-state index contributed by atoms with van der Waals surface area (Å²) in [4.78, 5) is 34.2. The summed E-state index contributed by atoms with van der Waals surface area (Å²) >= 11 is 0. The minimum Gasteiger partial charge on any atom is -0.480 e. The van der Waals surface area contributed by atoms with Gasteiger partial charge >= 0.3 is 12.1 Å². The number of hydrogen-bond donors (Lipinski definition) is 2. The van der Waals surface area contributed by atoms with Crippen LogP contribution < -0.4 is 5.32 Å². The fraction of sp³-hybridized carbons (Fsp3) is 0.667. The van der Waals surface area contributed by atoms with E-state index in [0.29, 0.717) is 13.1 Å². The maximum atomic E-state index is 10.9. The molecule has 90 valence electrons. The van der Waals surface area contributed by atoms with Gasteiger partial charge in [0, 0.05) is 25.9 Å². The summed E-state index contributed by atoms with van der Waals surface area (Å²) in [5.74, 6) is -1.49. The second kappa shape index (κ2) is 4.82. The molecule has 2 N–H and O–H groups in total. The largest absolute Gasteiger partial charge is 0.480 e. The molecule has 2 amide bonds. The van der Waals surface area contributed by atoms with Gasteiger partial charge in [-0.25, -0.2) is 9.59 Å². The summed E-state index contributed by atoms with van der Waals surface area (Å²) in [5.41, 5.74) is 0. The first-order valence-corrected chi connectivity index (χ1v) is 4.78. The normalized spacial score (nSPS) is 17.2. The van der Waals surface area contributed by atoms with Crippen LogP contribution in [0.4, 0.5) is 4.79 Å². The Bertz CT molecular complexity index is 311. The molecule has 0 aromatic rings. The van der Waals surface area contributed by atoms with E-state index in [0.717, 1.165) is 7.11 Å². The molecule has 1 saturated heterocycles. The van der Waals surface area contributed by atoms with Crippen molar-refractivity contribution in [2.75, 3.05) is 20.2 Å². The molecule has 0 radical (unpaired) electrons. The number of carbonyl (C=O) groups excluding carboxylic acids is 2. The standard InChI is InChI=1S/C9H14N2O5/c1-5(12)11-3-6(4-11)7(8(13)14)10-9(15)16-2/h6-7H,3-4H2,1-2H3,(H,10,15)(H,13,14)/t7-/m1/s1. The maximum absolute atomic E-state index is 10.9. The molecule has 16 heavy (non-hydrogen) atoms. The molecule has 0 bridgehead atoms. The first-order chi connectivity index (χ1) is 7.45. The Morgan fingerprint density at radius 2 is 2.00 bits per heavy atom. The number of rotatable bonds is 3. The van der Waals surface area contributed by atoms with Crippen molar-refractivity contribution in [3.8, 4) is 0 Å². The SMILES string of the molecule is COC(=O)N[C@@H](C(=O)O)C1CN(C(C)=O)C1. The molecule has 7 heteroatoms. The maximum Gasteiger partial charge on any atom is 0.407 e. The molecule has 0 spiro atoms. The Morgan fingerprint density at radius 3 is 2.38 bits per heavy atom. The van der Waals surface area contributed by atoms with E-state index >= 15 is 0 Å². The molecule has 0 saturated carbocycles. The van der Waals surface area contributed by atoms with Crippen molar-refractivity contribution in [3.63, 3.8) is 0 Å². The lowest BCUT2D eigenvalue weighted by atomic mass is 9.91. The van der Waals surface area contributed by atoms with Gasteiger partial charge < -0.3 is 20.1 Å². The van der Waals surface area contributed by atoms with Gasteiger partial charge in [0.05, 0.1) is 7.11 Å². The number of likely N-dealkylation sites (tertiary alicyclic amines) is 1. The summed E-state index contributed by atoms with van der Waals surface area (Å²) in [7, 11) is 1.16. The number of nitrogens with one attached hydrogen (secondary N) is 1. The summed E-state index contributed by atoms with van der Waals surface area (Å²) in [5, 5.41) is 11.1. The third-order valence-electron chi connectivity index (χ3n) is 2.55. The molecular formula is C9H14N2O5. The number of ether oxygens (including phenoxy) is 1. The third kappa shape index (κ3) is 2.62. The predicted octanol–water partition coefficient (Wildman–Crippen LogP) is -0.726. The van der Waals surface area contributed by atoms with Gasteiger partial charge in [0.25, 0.3) is 0 Å². The van der Waals surface area contributed by atoms with Crippen molar-refractivity contribution in [1.29, 1.82) is 0 Å². The molecule has 0 aromatic carbocycles. The van der Waals surface area contributed by atoms with Crippen LogP contribution in [-0.4, -0.2) is 54.2 Å². The number of amides is 2. The minimum absolute atomic E-state index is 0.0987. The number of carboxylic acids is 1. The molecule has 0 aromatic heterocycles. The summed E-state index contributed by atoms with van der Waals surface area (Å²) < 4.78 is 4.33.